The lowest BCUT2D eigenvalue weighted by Crippen LogP contribution is -2.19. The van der Waals surface area contributed by atoms with Gasteiger partial charge in [-0.3, -0.25) is 4.79 Å². The van der Waals surface area contributed by atoms with Crippen LogP contribution in [0, 0.1) is 0 Å². The highest BCUT2D eigenvalue weighted by Gasteiger charge is 2.24. The Bertz CT molecular complexity index is 445. The SMILES string of the molecule is NCCC1=NN(c2cccc(Cl)c2)C(=O)C1. The standard InChI is InChI=1S/C11H12ClN3O/c12-8-2-1-3-10(6-8)15-11(16)7-9(14-15)4-5-13/h1-3,6H,4-5,7,13H2. The fraction of sp³-hybridized carbons (Fsp3) is 0.273. The molecule has 1 heterocycles. The number of benzene rings is 1. The van der Waals surface area contributed by atoms with E-state index < -0.39 is 0 Å². The summed E-state index contributed by atoms with van der Waals surface area (Å²) in [4.78, 5) is 11.7. The molecule has 0 fully saturated rings. The second-order valence-corrected chi connectivity index (χ2v) is 4.00. The first kappa shape index (κ1) is 11.1. The zero-order chi connectivity index (χ0) is 11.5. The molecule has 0 spiro atoms. The Morgan fingerprint density at radius 1 is 1.50 bits per heavy atom. The summed E-state index contributed by atoms with van der Waals surface area (Å²) in [5.41, 5.74) is 6.96. The average molecular weight is 238 g/mol. The molecule has 16 heavy (non-hydrogen) atoms. The van der Waals surface area contributed by atoms with Crippen molar-refractivity contribution in [3.8, 4) is 0 Å². The van der Waals surface area contributed by atoms with Crippen molar-refractivity contribution >= 4 is 28.9 Å². The fourth-order valence-electron chi connectivity index (χ4n) is 1.60. The molecule has 0 atom stereocenters. The van der Waals surface area contributed by atoms with Gasteiger partial charge < -0.3 is 5.73 Å². The predicted octanol–water partition coefficient (Wildman–Crippen LogP) is 1.78. The molecule has 0 aliphatic carbocycles. The Morgan fingerprint density at radius 2 is 2.31 bits per heavy atom. The van der Waals surface area contributed by atoms with E-state index >= 15 is 0 Å². The van der Waals surface area contributed by atoms with Gasteiger partial charge in [0.1, 0.15) is 0 Å². The van der Waals surface area contributed by atoms with Gasteiger partial charge in [0.15, 0.2) is 0 Å². The molecule has 2 rings (SSSR count). The number of carbonyl (C=O) groups is 1. The summed E-state index contributed by atoms with van der Waals surface area (Å²) in [6.07, 6.45) is 1.01. The van der Waals surface area contributed by atoms with Gasteiger partial charge in [0.25, 0.3) is 5.91 Å². The van der Waals surface area contributed by atoms with Gasteiger partial charge in [-0.15, -0.1) is 0 Å². The van der Waals surface area contributed by atoms with Crippen LogP contribution in [0.3, 0.4) is 0 Å². The van der Waals surface area contributed by atoms with Crippen molar-refractivity contribution in [3.63, 3.8) is 0 Å². The van der Waals surface area contributed by atoms with Crippen LogP contribution in [0.2, 0.25) is 5.02 Å². The minimum absolute atomic E-state index is 0.0364. The van der Waals surface area contributed by atoms with E-state index in [-0.39, 0.29) is 5.91 Å². The Balaban J connectivity index is 2.24. The predicted molar refractivity (Wildman–Crippen MR) is 64.7 cm³/mol. The van der Waals surface area contributed by atoms with Crippen LogP contribution in [-0.4, -0.2) is 18.2 Å². The molecule has 0 aromatic heterocycles. The Morgan fingerprint density at radius 3 is 3.00 bits per heavy atom. The molecule has 1 aromatic carbocycles. The molecular weight excluding hydrogens is 226 g/mol. The molecule has 1 amide bonds. The minimum atomic E-state index is -0.0364. The summed E-state index contributed by atoms with van der Waals surface area (Å²) in [6, 6.07) is 7.07. The van der Waals surface area contributed by atoms with E-state index in [2.05, 4.69) is 5.10 Å². The summed E-state index contributed by atoms with van der Waals surface area (Å²) in [5.74, 6) is -0.0364. The van der Waals surface area contributed by atoms with Crippen molar-refractivity contribution in [3.05, 3.63) is 29.3 Å². The maximum absolute atomic E-state index is 11.7. The lowest BCUT2D eigenvalue weighted by Gasteiger charge is -2.11. The van der Waals surface area contributed by atoms with E-state index in [0.29, 0.717) is 30.1 Å². The van der Waals surface area contributed by atoms with Crippen molar-refractivity contribution in [1.82, 2.24) is 0 Å². The molecule has 0 radical (unpaired) electrons. The third-order valence-electron chi connectivity index (χ3n) is 2.32. The zero-order valence-electron chi connectivity index (χ0n) is 8.69. The number of amides is 1. The van der Waals surface area contributed by atoms with Crippen molar-refractivity contribution in [1.29, 1.82) is 0 Å². The molecule has 84 valence electrons. The lowest BCUT2D eigenvalue weighted by molar-refractivity contribution is -0.116. The van der Waals surface area contributed by atoms with Crippen molar-refractivity contribution in [2.24, 2.45) is 10.8 Å². The van der Waals surface area contributed by atoms with Crippen LogP contribution in [0.1, 0.15) is 12.8 Å². The van der Waals surface area contributed by atoms with Crippen LogP contribution in [0.4, 0.5) is 5.69 Å². The molecule has 1 aromatic rings. The summed E-state index contributed by atoms with van der Waals surface area (Å²) in [7, 11) is 0. The number of nitrogens with two attached hydrogens (primary N) is 1. The first-order valence-electron chi connectivity index (χ1n) is 5.05. The molecule has 0 saturated heterocycles. The first-order chi connectivity index (χ1) is 7.70. The third-order valence-corrected chi connectivity index (χ3v) is 2.55. The summed E-state index contributed by atoms with van der Waals surface area (Å²) in [6.45, 7) is 0.509. The van der Waals surface area contributed by atoms with Crippen LogP contribution < -0.4 is 10.7 Å². The average Bonchev–Trinajstić information content (AvgIpc) is 2.60. The maximum Gasteiger partial charge on any atom is 0.253 e. The third kappa shape index (κ3) is 2.23. The molecule has 1 aliphatic rings. The Labute approximate surface area is 98.7 Å². The summed E-state index contributed by atoms with van der Waals surface area (Å²) < 4.78 is 0. The van der Waals surface area contributed by atoms with E-state index in [1.54, 1.807) is 24.3 Å². The second kappa shape index (κ2) is 4.63. The van der Waals surface area contributed by atoms with E-state index in [1.807, 2.05) is 0 Å². The van der Waals surface area contributed by atoms with Crippen LogP contribution >= 0.6 is 11.6 Å². The number of hydrogen-bond donors (Lipinski definition) is 1. The largest absolute Gasteiger partial charge is 0.330 e. The Kier molecular flexibility index (Phi) is 3.22. The molecule has 0 bridgehead atoms. The molecule has 4 nitrogen and oxygen atoms in total. The number of anilines is 1. The number of rotatable bonds is 3. The molecule has 1 aliphatic heterocycles. The van der Waals surface area contributed by atoms with E-state index in [1.165, 1.54) is 5.01 Å². The van der Waals surface area contributed by atoms with Crippen LogP contribution in [0.15, 0.2) is 29.4 Å². The van der Waals surface area contributed by atoms with Gasteiger partial charge in [0.05, 0.1) is 12.1 Å². The molecular formula is C11H12ClN3O. The second-order valence-electron chi connectivity index (χ2n) is 3.57. The highest BCUT2D eigenvalue weighted by atomic mass is 35.5. The van der Waals surface area contributed by atoms with Crippen molar-refractivity contribution in [2.75, 3.05) is 11.6 Å². The number of nitrogens with zero attached hydrogens (tertiary/aromatic N) is 2. The zero-order valence-corrected chi connectivity index (χ0v) is 9.44. The van der Waals surface area contributed by atoms with E-state index in [0.717, 1.165) is 5.71 Å². The quantitative estimate of drug-likeness (QED) is 0.871. The van der Waals surface area contributed by atoms with Crippen LogP contribution in [0.5, 0.6) is 0 Å². The number of carbonyl (C=O) groups excluding carboxylic acids is 1. The molecule has 2 N–H and O–H groups in total. The normalized spacial score (nSPS) is 15.5. The summed E-state index contributed by atoms with van der Waals surface area (Å²) in [5, 5.41) is 6.21. The van der Waals surface area contributed by atoms with Crippen molar-refractivity contribution < 1.29 is 4.79 Å². The van der Waals surface area contributed by atoms with Gasteiger partial charge in [-0.25, -0.2) is 5.01 Å². The minimum Gasteiger partial charge on any atom is -0.330 e. The van der Waals surface area contributed by atoms with Gasteiger partial charge in [-0.1, -0.05) is 17.7 Å². The molecule has 0 saturated carbocycles. The van der Waals surface area contributed by atoms with Gasteiger partial charge in [-0.2, -0.15) is 5.10 Å². The first-order valence-corrected chi connectivity index (χ1v) is 5.43. The fourth-order valence-corrected chi connectivity index (χ4v) is 1.78. The van der Waals surface area contributed by atoms with Crippen LogP contribution in [0.25, 0.3) is 0 Å². The van der Waals surface area contributed by atoms with Gasteiger partial charge in [0.2, 0.25) is 0 Å². The smallest absolute Gasteiger partial charge is 0.253 e. The molecule has 5 heteroatoms. The maximum atomic E-state index is 11.7. The van der Waals surface area contributed by atoms with Crippen LogP contribution in [-0.2, 0) is 4.79 Å². The highest BCUT2D eigenvalue weighted by molar-refractivity contribution is 6.31. The van der Waals surface area contributed by atoms with E-state index in [4.69, 9.17) is 17.3 Å². The lowest BCUT2D eigenvalue weighted by atomic mass is 10.2. The summed E-state index contributed by atoms with van der Waals surface area (Å²) >= 11 is 5.86. The van der Waals surface area contributed by atoms with E-state index in [9.17, 15) is 4.79 Å². The Hall–Kier alpha value is -1.39. The number of hydrogen-bond acceptors (Lipinski definition) is 3. The number of hydrazone groups is 1. The topological polar surface area (TPSA) is 58.7 Å². The molecule has 0 unspecified atom stereocenters. The number of halogens is 1. The van der Waals surface area contributed by atoms with Gasteiger partial charge in [-0.05, 0) is 24.7 Å². The highest BCUT2D eigenvalue weighted by Crippen LogP contribution is 2.23. The van der Waals surface area contributed by atoms with Crippen molar-refractivity contribution in [2.45, 2.75) is 12.8 Å². The van der Waals surface area contributed by atoms with Gasteiger partial charge >= 0.3 is 0 Å². The van der Waals surface area contributed by atoms with Gasteiger partial charge in [0, 0.05) is 17.2 Å². The monoisotopic (exact) mass is 237 g/mol.